The van der Waals surface area contributed by atoms with E-state index in [4.69, 9.17) is 9.63 Å². The van der Waals surface area contributed by atoms with Crippen LogP contribution in [0.3, 0.4) is 0 Å². The summed E-state index contributed by atoms with van der Waals surface area (Å²) in [7, 11) is 0. The van der Waals surface area contributed by atoms with Crippen molar-refractivity contribution in [2.24, 2.45) is 5.92 Å². The molecular weight excluding hydrogens is 224 g/mol. The fraction of sp³-hybridized carbons (Fsp3) is 0.400. The van der Waals surface area contributed by atoms with Gasteiger partial charge in [-0.1, -0.05) is 10.4 Å². The highest BCUT2D eigenvalue weighted by atomic mass is 16.5. The molecule has 2 aromatic heterocycles. The first-order chi connectivity index (χ1) is 8.22. The monoisotopic (exact) mass is 234 g/mol. The molecule has 1 aliphatic rings. The molecule has 0 aliphatic heterocycles. The van der Waals surface area contributed by atoms with Crippen molar-refractivity contribution in [1.29, 1.82) is 0 Å². The van der Waals surface area contributed by atoms with Gasteiger partial charge in [0.25, 0.3) is 0 Å². The second-order valence-corrected chi connectivity index (χ2v) is 4.15. The van der Waals surface area contributed by atoms with Crippen LogP contribution in [0, 0.1) is 5.92 Å². The summed E-state index contributed by atoms with van der Waals surface area (Å²) in [5, 5.41) is 20.0. The van der Waals surface area contributed by atoms with Gasteiger partial charge in [-0.3, -0.25) is 4.68 Å². The highest BCUT2D eigenvalue weighted by Crippen LogP contribution is 2.30. The number of aromatic carboxylic acids is 1. The summed E-state index contributed by atoms with van der Waals surface area (Å²) in [6.07, 6.45) is 4.21. The van der Waals surface area contributed by atoms with Crippen molar-refractivity contribution in [3.8, 4) is 11.5 Å². The zero-order valence-corrected chi connectivity index (χ0v) is 8.91. The van der Waals surface area contributed by atoms with Gasteiger partial charge in [-0.05, 0) is 18.8 Å². The summed E-state index contributed by atoms with van der Waals surface area (Å²) in [6.45, 7) is 0.854. The first-order valence-corrected chi connectivity index (χ1v) is 5.33. The molecule has 0 amide bonds. The summed E-state index contributed by atoms with van der Waals surface area (Å²) in [5.41, 5.74) is 0.377. The van der Waals surface area contributed by atoms with Crippen LogP contribution >= 0.6 is 0 Å². The summed E-state index contributed by atoms with van der Waals surface area (Å²) in [5.74, 6) is -0.0938. The number of carbonyl (C=O) groups is 1. The standard InChI is InChI=1S/C10H10N4O3/c15-10(16)7-3-9(17-12-7)8-5-14(13-11-8)4-6-1-2-6/h3,5-6H,1-2,4H2,(H,15,16). The van der Waals surface area contributed by atoms with Gasteiger partial charge in [0, 0.05) is 12.6 Å². The second kappa shape index (κ2) is 3.69. The van der Waals surface area contributed by atoms with E-state index >= 15 is 0 Å². The number of hydrogen-bond donors (Lipinski definition) is 1. The van der Waals surface area contributed by atoms with E-state index in [-0.39, 0.29) is 5.69 Å². The quantitative estimate of drug-likeness (QED) is 0.849. The van der Waals surface area contributed by atoms with E-state index in [0.29, 0.717) is 17.4 Å². The van der Waals surface area contributed by atoms with Crippen molar-refractivity contribution in [3.05, 3.63) is 18.0 Å². The van der Waals surface area contributed by atoms with Crippen LogP contribution in [0.25, 0.3) is 11.5 Å². The summed E-state index contributed by atoms with van der Waals surface area (Å²) >= 11 is 0. The average molecular weight is 234 g/mol. The van der Waals surface area contributed by atoms with E-state index in [1.54, 1.807) is 10.9 Å². The molecule has 7 heteroatoms. The zero-order valence-electron chi connectivity index (χ0n) is 8.91. The molecule has 1 N–H and O–H groups in total. The number of hydrogen-bond acceptors (Lipinski definition) is 5. The molecule has 1 fully saturated rings. The lowest BCUT2D eigenvalue weighted by atomic mass is 10.3. The maximum atomic E-state index is 10.6. The number of carboxylic acids is 1. The lowest BCUT2D eigenvalue weighted by molar-refractivity contribution is 0.0686. The predicted octanol–water partition coefficient (Wildman–Crippen LogP) is 1.04. The van der Waals surface area contributed by atoms with Crippen molar-refractivity contribution in [2.75, 3.05) is 0 Å². The van der Waals surface area contributed by atoms with Gasteiger partial charge < -0.3 is 9.63 Å². The molecule has 17 heavy (non-hydrogen) atoms. The fourth-order valence-corrected chi connectivity index (χ4v) is 1.56. The smallest absolute Gasteiger partial charge is 0.358 e. The molecule has 0 unspecified atom stereocenters. The molecule has 1 aliphatic carbocycles. The maximum absolute atomic E-state index is 10.6. The van der Waals surface area contributed by atoms with Crippen LogP contribution in [0.1, 0.15) is 23.3 Å². The van der Waals surface area contributed by atoms with E-state index in [0.717, 1.165) is 6.54 Å². The molecule has 0 atom stereocenters. The van der Waals surface area contributed by atoms with Crippen LogP contribution in [0.2, 0.25) is 0 Å². The van der Waals surface area contributed by atoms with E-state index in [1.807, 2.05) is 0 Å². The van der Waals surface area contributed by atoms with Crippen LogP contribution < -0.4 is 0 Å². The first-order valence-electron chi connectivity index (χ1n) is 5.33. The lowest BCUT2D eigenvalue weighted by Gasteiger charge is -1.93. The van der Waals surface area contributed by atoms with Gasteiger partial charge >= 0.3 is 5.97 Å². The molecule has 0 spiro atoms. The van der Waals surface area contributed by atoms with E-state index in [9.17, 15) is 4.79 Å². The molecule has 1 saturated carbocycles. The Balaban J connectivity index is 1.81. The molecule has 0 bridgehead atoms. The number of rotatable bonds is 4. The third kappa shape index (κ3) is 2.03. The van der Waals surface area contributed by atoms with Gasteiger partial charge in [-0.15, -0.1) is 5.10 Å². The van der Waals surface area contributed by atoms with Gasteiger partial charge in [0.2, 0.25) is 0 Å². The normalized spacial score (nSPS) is 15.1. The molecule has 0 radical (unpaired) electrons. The highest BCUT2D eigenvalue weighted by Gasteiger charge is 2.23. The van der Waals surface area contributed by atoms with Crippen LogP contribution in [-0.4, -0.2) is 31.2 Å². The second-order valence-electron chi connectivity index (χ2n) is 4.15. The van der Waals surface area contributed by atoms with Crippen molar-refractivity contribution in [3.63, 3.8) is 0 Å². The predicted molar refractivity (Wildman–Crippen MR) is 55.2 cm³/mol. The van der Waals surface area contributed by atoms with Crippen LogP contribution in [0.15, 0.2) is 16.8 Å². The van der Waals surface area contributed by atoms with Gasteiger partial charge in [-0.25, -0.2) is 4.79 Å². The summed E-state index contributed by atoms with van der Waals surface area (Å²) in [6, 6.07) is 1.34. The number of aromatic nitrogens is 4. The molecular formula is C10H10N4O3. The number of carboxylic acid groups (broad SMARTS) is 1. The van der Waals surface area contributed by atoms with Crippen molar-refractivity contribution < 1.29 is 14.4 Å². The summed E-state index contributed by atoms with van der Waals surface area (Å²) < 4.78 is 6.65. The van der Waals surface area contributed by atoms with E-state index < -0.39 is 5.97 Å². The van der Waals surface area contributed by atoms with Crippen LogP contribution in [-0.2, 0) is 6.54 Å². The molecule has 3 rings (SSSR count). The number of nitrogens with zero attached hydrogens (tertiary/aromatic N) is 4. The molecule has 0 aromatic carbocycles. The van der Waals surface area contributed by atoms with Crippen LogP contribution in [0.4, 0.5) is 0 Å². The Bertz CT molecular complexity index is 555. The largest absolute Gasteiger partial charge is 0.476 e. The zero-order chi connectivity index (χ0) is 11.8. The summed E-state index contributed by atoms with van der Waals surface area (Å²) in [4.78, 5) is 10.6. The minimum atomic E-state index is -1.12. The van der Waals surface area contributed by atoms with Crippen molar-refractivity contribution in [1.82, 2.24) is 20.2 Å². The Morgan fingerprint density at radius 1 is 1.59 bits per heavy atom. The Hall–Kier alpha value is -2.18. The minimum Gasteiger partial charge on any atom is -0.476 e. The third-order valence-electron chi connectivity index (χ3n) is 2.66. The van der Waals surface area contributed by atoms with Crippen LogP contribution in [0.5, 0.6) is 0 Å². The molecule has 0 saturated heterocycles. The SMILES string of the molecule is O=C(O)c1cc(-c2cn(CC3CC3)nn2)on1. The maximum Gasteiger partial charge on any atom is 0.358 e. The third-order valence-corrected chi connectivity index (χ3v) is 2.66. The molecule has 7 nitrogen and oxygen atoms in total. The van der Waals surface area contributed by atoms with E-state index in [2.05, 4.69) is 15.5 Å². The van der Waals surface area contributed by atoms with Crippen molar-refractivity contribution in [2.45, 2.75) is 19.4 Å². The van der Waals surface area contributed by atoms with Crippen molar-refractivity contribution >= 4 is 5.97 Å². The Morgan fingerprint density at radius 3 is 3.06 bits per heavy atom. The van der Waals surface area contributed by atoms with Gasteiger partial charge in [0.1, 0.15) is 0 Å². The van der Waals surface area contributed by atoms with Gasteiger partial charge in [-0.2, -0.15) is 0 Å². The van der Waals surface area contributed by atoms with Gasteiger partial charge in [0.15, 0.2) is 17.1 Å². The Morgan fingerprint density at radius 2 is 2.41 bits per heavy atom. The highest BCUT2D eigenvalue weighted by molar-refractivity contribution is 5.86. The Kier molecular flexibility index (Phi) is 2.17. The average Bonchev–Trinajstić information content (AvgIpc) is 2.82. The minimum absolute atomic E-state index is 0.128. The fourth-order valence-electron chi connectivity index (χ4n) is 1.56. The molecule has 2 heterocycles. The first kappa shape index (κ1) is 10.0. The van der Waals surface area contributed by atoms with Gasteiger partial charge in [0.05, 0.1) is 6.20 Å². The Labute approximate surface area is 96.0 Å². The topological polar surface area (TPSA) is 94.0 Å². The molecule has 2 aromatic rings. The lowest BCUT2D eigenvalue weighted by Crippen LogP contribution is -1.99. The van der Waals surface area contributed by atoms with E-state index in [1.165, 1.54) is 18.9 Å². The molecule has 88 valence electrons.